The van der Waals surface area contributed by atoms with Gasteiger partial charge >= 0.3 is 12.1 Å². The van der Waals surface area contributed by atoms with Crippen LogP contribution in [-0.2, 0) is 16.1 Å². The summed E-state index contributed by atoms with van der Waals surface area (Å²) in [4.78, 5) is 25.8. The number of benzene rings is 3. The third-order valence-electron chi connectivity index (χ3n) is 7.04. The zero-order valence-corrected chi connectivity index (χ0v) is 20.6. The second-order valence-electron chi connectivity index (χ2n) is 9.22. The van der Waals surface area contributed by atoms with Crippen LogP contribution >= 0.6 is 0 Å². The Morgan fingerprint density at radius 2 is 1.57 bits per heavy atom. The van der Waals surface area contributed by atoms with Gasteiger partial charge in [0.05, 0.1) is 19.8 Å². The van der Waals surface area contributed by atoms with Crippen molar-refractivity contribution >= 4 is 22.9 Å². The molecule has 2 aliphatic heterocycles. The highest BCUT2D eigenvalue weighted by molar-refractivity contribution is 6.12. The Hall–Kier alpha value is -4.14. The lowest BCUT2D eigenvalue weighted by Gasteiger charge is -2.22. The quantitative estimate of drug-likeness (QED) is 0.315. The van der Waals surface area contributed by atoms with Crippen molar-refractivity contribution < 1.29 is 42.7 Å². The van der Waals surface area contributed by atoms with Crippen LogP contribution in [0.15, 0.2) is 30.3 Å². The Balaban J connectivity index is 1.53. The minimum absolute atomic E-state index is 0.0332. The molecule has 3 aliphatic rings. The molecule has 0 amide bonds. The molecule has 1 fully saturated rings. The molecule has 0 saturated heterocycles. The van der Waals surface area contributed by atoms with Gasteiger partial charge in [0, 0.05) is 22.8 Å². The van der Waals surface area contributed by atoms with Gasteiger partial charge in [0.1, 0.15) is 18.5 Å². The number of methoxy groups -OCH3 is 2. The van der Waals surface area contributed by atoms with Crippen molar-refractivity contribution in [1.82, 2.24) is 0 Å². The third kappa shape index (κ3) is 4.14. The summed E-state index contributed by atoms with van der Waals surface area (Å²) in [5, 5.41) is 1.50. The predicted octanol–water partition coefficient (Wildman–Crippen LogP) is 5.77. The molecule has 3 aromatic rings. The van der Waals surface area contributed by atoms with E-state index in [0.717, 1.165) is 37.5 Å². The molecule has 37 heavy (non-hydrogen) atoms. The number of ether oxygens (including phenoxy) is 7. The largest absolute Gasteiger partial charge is 0.514 e. The number of carbonyl (C=O) groups excluding carboxylic acids is 2. The number of hydrogen-bond donors (Lipinski definition) is 0. The van der Waals surface area contributed by atoms with Gasteiger partial charge in [-0.05, 0) is 60.7 Å². The maximum Gasteiger partial charge on any atom is 0.514 e. The summed E-state index contributed by atoms with van der Waals surface area (Å²) in [7, 11) is 3.10. The normalized spacial score (nSPS) is 16.3. The summed E-state index contributed by atoms with van der Waals surface area (Å²) in [6, 6.07) is 8.83. The molecule has 0 N–H and O–H groups in total. The second kappa shape index (κ2) is 9.38. The molecule has 1 saturated carbocycles. The summed E-state index contributed by atoms with van der Waals surface area (Å²) >= 11 is 0. The molecule has 0 bridgehead atoms. The van der Waals surface area contributed by atoms with E-state index in [-0.39, 0.29) is 25.3 Å². The average molecular weight is 507 g/mol. The van der Waals surface area contributed by atoms with Gasteiger partial charge in [-0.25, -0.2) is 9.59 Å². The zero-order valence-electron chi connectivity index (χ0n) is 20.6. The molecule has 1 aliphatic carbocycles. The van der Waals surface area contributed by atoms with E-state index in [1.807, 2.05) is 12.1 Å². The number of esters is 1. The van der Waals surface area contributed by atoms with Crippen LogP contribution in [0.25, 0.3) is 21.9 Å². The molecule has 192 valence electrons. The standard InChI is InChI=1S/C28H26O9/c1-31-21-9-15-8-16-13-33-27(29)25(16)26(18(15)10-22(21)32-2)19-11-23-24(35-14-34-23)12-20(19)37-28(30)36-17-6-4-3-5-7-17/h8-12,17H,3-7,13-14H2,1-2H3. The Bertz CT molecular complexity index is 1410. The first-order chi connectivity index (χ1) is 18.1. The van der Waals surface area contributed by atoms with Crippen molar-refractivity contribution in [3.05, 3.63) is 41.5 Å². The second-order valence-corrected chi connectivity index (χ2v) is 9.22. The summed E-state index contributed by atoms with van der Waals surface area (Å²) in [6.07, 6.45) is 3.82. The van der Waals surface area contributed by atoms with Gasteiger partial charge in [0.15, 0.2) is 23.0 Å². The van der Waals surface area contributed by atoms with Crippen molar-refractivity contribution in [2.75, 3.05) is 21.0 Å². The van der Waals surface area contributed by atoms with Crippen molar-refractivity contribution in [3.8, 4) is 39.9 Å². The van der Waals surface area contributed by atoms with Gasteiger partial charge < -0.3 is 33.2 Å². The van der Waals surface area contributed by atoms with Gasteiger partial charge in [-0.2, -0.15) is 0 Å². The summed E-state index contributed by atoms with van der Waals surface area (Å²) in [6.45, 7) is 0.168. The van der Waals surface area contributed by atoms with E-state index < -0.39 is 12.1 Å². The maximum absolute atomic E-state index is 12.9. The van der Waals surface area contributed by atoms with E-state index in [2.05, 4.69) is 0 Å². The number of cyclic esters (lactones) is 1. The van der Waals surface area contributed by atoms with Gasteiger partial charge in [0.25, 0.3) is 0 Å². The number of rotatable bonds is 5. The number of carbonyl (C=O) groups is 2. The van der Waals surface area contributed by atoms with Crippen LogP contribution < -0.4 is 23.7 Å². The van der Waals surface area contributed by atoms with E-state index in [1.165, 1.54) is 0 Å². The highest BCUT2D eigenvalue weighted by atomic mass is 16.7. The Labute approximate surface area is 213 Å². The first kappa shape index (κ1) is 23.3. The highest BCUT2D eigenvalue weighted by Crippen LogP contribution is 2.49. The minimum atomic E-state index is -0.800. The van der Waals surface area contributed by atoms with Crippen molar-refractivity contribution in [2.45, 2.75) is 44.8 Å². The fraction of sp³-hybridized carbons (Fsp3) is 0.357. The lowest BCUT2D eigenvalue weighted by molar-refractivity contribution is 0.0417. The number of hydrogen-bond acceptors (Lipinski definition) is 9. The fourth-order valence-electron chi connectivity index (χ4n) is 5.26. The topological polar surface area (TPSA) is 98.8 Å². The zero-order chi connectivity index (χ0) is 25.5. The predicted molar refractivity (Wildman–Crippen MR) is 132 cm³/mol. The van der Waals surface area contributed by atoms with Crippen LogP contribution in [-0.4, -0.2) is 39.2 Å². The minimum Gasteiger partial charge on any atom is -0.493 e. The van der Waals surface area contributed by atoms with Crippen LogP contribution in [0.1, 0.15) is 48.0 Å². The fourth-order valence-corrected chi connectivity index (χ4v) is 5.26. The first-order valence-electron chi connectivity index (χ1n) is 12.3. The summed E-state index contributed by atoms with van der Waals surface area (Å²) < 4.78 is 39.0. The molecule has 0 atom stereocenters. The Kier molecular flexibility index (Phi) is 5.90. The van der Waals surface area contributed by atoms with E-state index in [0.29, 0.717) is 50.6 Å². The third-order valence-corrected chi connectivity index (χ3v) is 7.04. The van der Waals surface area contributed by atoms with Crippen LogP contribution in [0.4, 0.5) is 4.79 Å². The molecular formula is C28H26O9. The molecule has 3 aromatic carbocycles. The van der Waals surface area contributed by atoms with Gasteiger partial charge in [0.2, 0.25) is 6.79 Å². The molecule has 2 heterocycles. The SMILES string of the molecule is COc1cc2cc3c(c(-c4cc5c(cc4OC(=O)OC4CCCCC4)OCO5)c2cc1OC)C(=O)OC3. The Morgan fingerprint density at radius 3 is 2.32 bits per heavy atom. The van der Waals surface area contributed by atoms with E-state index in [1.54, 1.807) is 32.4 Å². The first-order valence-corrected chi connectivity index (χ1v) is 12.3. The molecule has 0 unspecified atom stereocenters. The molecule has 0 aromatic heterocycles. The highest BCUT2D eigenvalue weighted by Gasteiger charge is 2.32. The molecule has 9 nitrogen and oxygen atoms in total. The van der Waals surface area contributed by atoms with Crippen LogP contribution in [0, 0.1) is 0 Å². The van der Waals surface area contributed by atoms with E-state index in [9.17, 15) is 9.59 Å². The smallest absolute Gasteiger partial charge is 0.493 e. The Morgan fingerprint density at radius 1 is 0.838 bits per heavy atom. The lowest BCUT2D eigenvalue weighted by Crippen LogP contribution is -2.23. The average Bonchev–Trinajstić information content (AvgIpc) is 3.52. The molecule has 0 spiro atoms. The molecular weight excluding hydrogens is 480 g/mol. The molecule has 0 radical (unpaired) electrons. The summed E-state index contributed by atoms with van der Waals surface area (Å²) in [5.74, 6) is 1.67. The summed E-state index contributed by atoms with van der Waals surface area (Å²) in [5.41, 5.74) is 2.12. The lowest BCUT2D eigenvalue weighted by atomic mass is 9.89. The van der Waals surface area contributed by atoms with E-state index >= 15 is 0 Å². The van der Waals surface area contributed by atoms with Gasteiger partial charge in [-0.15, -0.1) is 0 Å². The van der Waals surface area contributed by atoms with Gasteiger partial charge in [-0.1, -0.05) is 6.42 Å². The molecule has 6 rings (SSSR count). The van der Waals surface area contributed by atoms with E-state index in [4.69, 9.17) is 33.2 Å². The monoisotopic (exact) mass is 506 g/mol. The van der Waals surface area contributed by atoms with Crippen molar-refractivity contribution in [1.29, 1.82) is 0 Å². The number of fused-ring (bicyclic) bond motifs is 3. The van der Waals surface area contributed by atoms with Crippen molar-refractivity contribution in [3.63, 3.8) is 0 Å². The molecule has 9 heteroatoms. The van der Waals surface area contributed by atoms with Crippen molar-refractivity contribution in [2.24, 2.45) is 0 Å². The van der Waals surface area contributed by atoms with Crippen LogP contribution in [0.3, 0.4) is 0 Å². The van der Waals surface area contributed by atoms with Crippen LogP contribution in [0.5, 0.6) is 28.7 Å². The van der Waals surface area contributed by atoms with Crippen LogP contribution in [0.2, 0.25) is 0 Å². The maximum atomic E-state index is 12.9. The van der Waals surface area contributed by atoms with Gasteiger partial charge in [-0.3, -0.25) is 0 Å².